The number of rotatable bonds is 7. The number of aromatic nitrogens is 2. The van der Waals surface area contributed by atoms with E-state index in [2.05, 4.69) is 5.32 Å². The highest BCUT2D eigenvalue weighted by Crippen LogP contribution is 1.91. The first-order valence-electron chi connectivity index (χ1n) is 5.83. The van der Waals surface area contributed by atoms with Crippen molar-refractivity contribution in [3.05, 3.63) is 22.9 Å². The van der Waals surface area contributed by atoms with Gasteiger partial charge in [0, 0.05) is 25.5 Å². The Labute approximate surface area is 95.7 Å². The van der Waals surface area contributed by atoms with Crippen LogP contribution in [0.2, 0.25) is 0 Å². The quantitative estimate of drug-likeness (QED) is 0.691. The zero-order chi connectivity index (χ0) is 12.0. The van der Waals surface area contributed by atoms with Gasteiger partial charge in [-0.05, 0) is 13.0 Å². The second-order valence-corrected chi connectivity index (χ2v) is 3.89. The minimum atomic E-state index is -0.518. The fourth-order valence-electron chi connectivity index (χ4n) is 1.61. The Balaban J connectivity index is 2.57. The molecule has 0 fully saturated rings. The molecule has 1 heterocycles. The highest BCUT2D eigenvalue weighted by molar-refractivity contribution is 4.82. The van der Waals surface area contributed by atoms with E-state index in [1.165, 1.54) is 0 Å². The molecule has 1 unspecified atom stereocenters. The van der Waals surface area contributed by atoms with Gasteiger partial charge in [0.15, 0.2) is 0 Å². The number of likely N-dealkylation sites (N-methyl/N-ethyl adjacent to an activating group) is 1. The fraction of sp³-hybridized carbons (Fsp3) is 0.727. The Morgan fingerprint density at radius 1 is 1.38 bits per heavy atom. The lowest BCUT2D eigenvalue weighted by atomic mass is 10.3. The summed E-state index contributed by atoms with van der Waals surface area (Å²) in [6, 6.07) is 0. The van der Waals surface area contributed by atoms with E-state index < -0.39 is 6.10 Å². The van der Waals surface area contributed by atoms with E-state index in [-0.39, 0.29) is 5.69 Å². The summed E-state index contributed by atoms with van der Waals surface area (Å²) < 4.78 is 3.22. The average Bonchev–Trinajstić information content (AvgIpc) is 2.59. The largest absolute Gasteiger partial charge is 0.390 e. The lowest BCUT2D eigenvalue weighted by molar-refractivity contribution is 0.150. The number of hydrogen-bond acceptors (Lipinski definition) is 3. The van der Waals surface area contributed by atoms with Gasteiger partial charge in [0.05, 0.1) is 12.6 Å². The zero-order valence-corrected chi connectivity index (χ0v) is 10.0. The van der Waals surface area contributed by atoms with E-state index in [0.717, 1.165) is 19.5 Å². The molecule has 0 spiro atoms. The highest BCUT2D eigenvalue weighted by atomic mass is 16.3. The van der Waals surface area contributed by atoms with Gasteiger partial charge in [-0.2, -0.15) is 0 Å². The van der Waals surface area contributed by atoms with Gasteiger partial charge in [0.25, 0.3) is 0 Å². The van der Waals surface area contributed by atoms with Crippen LogP contribution in [0.3, 0.4) is 0 Å². The summed E-state index contributed by atoms with van der Waals surface area (Å²) in [6.45, 7) is 6.43. The average molecular weight is 227 g/mol. The van der Waals surface area contributed by atoms with Crippen LogP contribution in [-0.2, 0) is 13.1 Å². The van der Waals surface area contributed by atoms with Crippen LogP contribution < -0.4 is 11.0 Å². The minimum Gasteiger partial charge on any atom is -0.390 e. The minimum absolute atomic E-state index is 0.0441. The van der Waals surface area contributed by atoms with Gasteiger partial charge in [-0.25, -0.2) is 4.79 Å². The van der Waals surface area contributed by atoms with Gasteiger partial charge in [-0.3, -0.25) is 9.13 Å². The molecular formula is C11H21N3O2. The van der Waals surface area contributed by atoms with Crippen LogP contribution in [0.5, 0.6) is 0 Å². The van der Waals surface area contributed by atoms with E-state index in [1.54, 1.807) is 21.5 Å². The monoisotopic (exact) mass is 227 g/mol. The van der Waals surface area contributed by atoms with Crippen molar-refractivity contribution in [2.75, 3.05) is 13.1 Å². The summed E-state index contributed by atoms with van der Waals surface area (Å²) in [4.78, 5) is 11.8. The molecule has 2 N–H and O–H groups in total. The lowest BCUT2D eigenvalue weighted by Crippen LogP contribution is -2.34. The molecule has 0 bridgehead atoms. The number of nitrogens with one attached hydrogen (secondary N) is 1. The molecule has 92 valence electrons. The molecule has 0 aliphatic rings. The molecule has 5 nitrogen and oxygen atoms in total. The molecule has 0 amide bonds. The maximum Gasteiger partial charge on any atom is 0.328 e. The van der Waals surface area contributed by atoms with Crippen LogP contribution in [0.15, 0.2) is 17.2 Å². The normalized spacial score (nSPS) is 12.9. The molecule has 0 aromatic carbocycles. The third-order valence-corrected chi connectivity index (χ3v) is 2.42. The Kier molecular flexibility index (Phi) is 5.28. The van der Waals surface area contributed by atoms with Gasteiger partial charge in [0.2, 0.25) is 0 Å². The van der Waals surface area contributed by atoms with E-state index in [0.29, 0.717) is 13.1 Å². The molecule has 1 atom stereocenters. The van der Waals surface area contributed by atoms with E-state index in [4.69, 9.17) is 0 Å². The summed E-state index contributed by atoms with van der Waals surface area (Å²) >= 11 is 0. The summed E-state index contributed by atoms with van der Waals surface area (Å²) in [7, 11) is 0. The molecule has 5 heteroatoms. The molecule has 1 aromatic heterocycles. The zero-order valence-electron chi connectivity index (χ0n) is 10.0. The molecule has 0 saturated heterocycles. The van der Waals surface area contributed by atoms with Crippen LogP contribution in [0.25, 0.3) is 0 Å². The second kappa shape index (κ2) is 6.50. The second-order valence-electron chi connectivity index (χ2n) is 3.89. The van der Waals surface area contributed by atoms with Gasteiger partial charge in [0.1, 0.15) is 0 Å². The first kappa shape index (κ1) is 13.0. The van der Waals surface area contributed by atoms with Crippen molar-refractivity contribution >= 4 is 0 Å². The van der Waals surface area contributed by atoms with E-state index in [1.807, 2.05) is 13.8 Å². The number of hydrogen-bond donors (Lipinski definition) is 2. The molecule has 0 aliphatic carbocycles. The van der Waals surface area contributed by atoms with Crippen molar-refractivity contribution in [3.8, 4) is 0 Å². The standard InChI is InChI=1S/C11H21N3O2/c1-3-5-13-6-7-14(11(13)16)9-10(15)8-12-4-2/h6-7,10,12,15H,3-5,8-9H2,1-2H3. The van der Waals surface area contributed by atoms with Crippen LogP contribution in [-0.4, -0.2) is 33.4 Å². The third kappa shape index (κ3) is 3.50. The van der Waals surface area contributed by atoms with Gasteiger partial charge in [-0.15, -0.1) is 0 Å². The predicted molar refractivity (Wildman–Crippen MR) is 63.5 cm³/mol. The van der Waals surface area contributed by atoms with Crippen molar-refractivity contribution < 1.29 is 5.11 Å². The predicted octanol–water partition coefficient (Wildman–Crippen LogP) is 0.0302. The molecule has 1 aromatic rings. The Bertz CT molecular complexity index is 356. The number of aliphatic hydroxyl groups is 1. The maximum atomic E-state index is 11.8. The van der Waals surface area contributed by atoms with Crippen molar-refractivity contribution in [3.63, 3.8) is 0 Å². The lowest BCUT2D eigenvalue weighted by Gasteiger charge is -2.10. The van der Waals surface area contributed by atoms with Crippen molar-refractivity contribution in [1.82, 2.24) is 14.5 Å². The smallest absolute Gasteiger partial charge is 0.328 e. The molecule has 0 radical (unpaired) electrons. The summed E-state index contributed by atoms with van der Waals surface area (Å²) in [6.07, 6.45) is 3.91. The third-order valence-electron chi connectivity index (χ3n) is 2.42. The summed E-state index contributed by atoms with van der Waals surface area (Å²) in [5.74, 6) is 0. The fourth-order valence-corrected chi connectivity index (χ4v) is 1.61. The number of imidazole rings is 1. The van der Waals surface area contributed by atoms with Crippen molar-refractivity contribution in [1.29, 1.82) is 0 Å². The Morgan fingerprint density at radius 3 is 2.69 bits per heavy atom. The Morgan fingerprint density at radius 2 is 2.06 bits per heavy atom. The van der Waals surface area contributed by atoms with Crippen LogP contribution in [0.4, 0.5) is 0 Å². The van der Waals surface area contributed by atoms with Crippen LogP contribution in [0, 0.1) is 0 Å². The topological polar surface area (TPSA) is 59.2 Å². The van der Waals surface area contributed by atoms with Crippen molar-refractivity contribution in [2.24, 2.45) is 0 Å². The molecule has 1 rings (SSSR count). The van der Waals surface area contributed by atoms with E-state index in [9.17, 15) is 9.90 Å². The summed E-state index contributed by atoms with van der Waals surface area (Å²) in [5.41, 5.74) is -0.0441. The van der Waals surface area contributed by atoms with Crippen LogP contribution in [0.1, 0.15) is 20.3 Å². The number of aryl methyl sites for hydroxylation is 1. The molecule has 16 heavy (non-hydrogen) atoms. The maximum absolute atomic E-state index is 11.8. The summed E-state index contributed by atoms with van der Waals surface area (Å²) in [5, 5.41) is 12.7. The SMILES string of the molecule is CCCn1ccn(CC(O)CNCC)c1=O. The molecule has 0 saturated carbocycles. The first-order valence-corrected chi connectivity index (χ1v) is 5.83. The van der Waals surface area contributed by atoms with Crippen LogP contribution >= 0.6 is 0 Å². The van der Waals surface area contributed by atoms with Gasteiger partial charge in [-0.1, -0.05) is 13.8 Å². The number of aliphatic hydroxyl groups excluding tert-OH is 1. The van der Waals surface area contributed by atoms with E-state index >= 15 is 0 Å². The molecular weight excluding hydrogens is 206 g/mol. The van der Waals surface area contributed by atoms with Gasteiger partial charge >= 0.3 is 5.69 Å². The molecule has 0 aliphatic heterocycles. The number of nitrogens with zero attached hydrogens (tertiary/aromatic N) is 2. The Hall–Kier alpha value is -1.07. The highest BCUT2D eigenvalue weighted by Gasteiger charge is 2.08. The van der Waals surface area contributed by atoms with Crippen molar-refractivity contribution in [2.45, 2.75) is 39.5 Å². The first-order chi connectivity index (χ1) is 7.69. The van der Waals surface area contributed by atoms with Gasteiger partial charge < -0.3 is 10.4 Å².